The van der Waals surface area contributed by atoms with Crippen molar-refractivity contribution in [2.75, 3.05) is 0 Å². The first-order valence-corrected chi connectivity index (χ1v) is 5.23. The summed E-state index contributed by atoms with van der Waals surface area (Å²) in [7, 11) is 0. The molecule has 0 aliphatic rings. The Morgan fingerprint density at radius 2 is 2.12 bits per heavy atom. The molecule has 1 aromatic carbocycles. The van der Waals surface area contributed by atoms with Crippen molar-refractivity contribution in [1.29, 1.82) is 0 Å². The van der Waals surface area contributed by atoms with E-state index in [0.717, 1.165) is 16.5 Å². The maximum absolute atomic E-state index is 9.67. The Kier molecular flexibility index (Phi) is 4.35. The number of aromatic amines is 1. The normalized spacial score (nSPS) is 14.4. The van der Waals surface area contributed by atoms with Crippen molar-refractivity contribution >= 4 is 23.3 Å². The van der Waals surface area contributed by atoms with Gasteiger partial charge in [-0.15, -0.1) is 12.4 Å². The third kappa shape index (κ3) is 2.38. The number of benzene rings is 1. The molecule has 4 heteroatoms. The lowest BCUT2D eigenvalue weighted by Gasteiger charge is -2.17. The Bertz CT molecular complexity index is 455. The van der Waals surface area contributed by atoms with Gasteiger partial charge in [0, 0.05) is 11.7 Å². The molecular weight excluding hydrogens is 224 g/mol. The number of H-pyrrole nitrogens is 1. The number of rotatable bonds is 3. The maximum atomic E-state index is 9.67. The first kappa shape index (κ1) is 13.0. The highest BCUT2D eigenvalue weighted by molar-refractivity contribution is 5.85. The van der Waals surface area contributed by atoms with Gasteiger partial charge in [-0.25, -0.2) is 0 Å². The predicted molar refractivity (Wildman–Crippen MR) is 68.8 cm³/mol. The van der Waals surface area contributed by atoms with E-state index < -0.39 is 6.10 Å². The van der Waals surface area contributed by atoms with E-state index in [1.54, 1.807) is 0 Å². The number of halogens is 1. The zero-order valence-electron chi connectivity index (χ0n) is 9.18. The Morgan fingerprint density at radius 1 is 1.38 bits per heavy atom. The minimum Gasteiger partial charge on any atom is -0.391 e. The second-order valence-corrected chi connectivity index (χ2v) is 3.83. The minimum atomic E-state index is -0.471. The molecule has 0 unspecified atom stereocenters. The van der Waals surface area contributed by atoms with Crippen molar-refractivity contribution in [3.63, 3.8) is 0 Å². The van der Waals surface area contributed by atoms with Crippen molar-refractivity contribution in [3.05, 3.63) is 36.0 Å². The molecule has 0 radical (unpaired) electrons. The SMILES string of the molecule is CC[C@@H](O)[C@@H](N)c1ccc2[nH]ccc2c1.Cl. The van der Waals surface area contributed by atoms with Crippen molar-refractivity contribution in [1.82, 2.24) is 4.98 Å². The Labute approximate surface area is 101 Å². The first-order valence-electron chi connectivity index (χ1n) is 5.23. The Morgan fingerprint density at radius 3 is 2.81 bits per heavy atom. The fourth-order valence-electron chi connectivity index (χ4n) is 1.76. The molecule has 2 atom stereocenters. The molecule has 0 saturated heterocycles. The van der Waals surface area contributed by atoms with E-state index in [0.29, 0.717) is 6.42 Å². The molecule has 2 rings (SSSR count). The highest BCUT2D eigenvalue weighted by atomic mass is 35.5. The largest absolute Gasteiger partial charge is 0.391 e. The average molecular weight is 241 g/mol. The molecule has 4 N–H and O–H groups in total. The van der Waals surface area contributed by atoms with E-state index in [9.17, 15) is 5.11 Å². The zero-order valence-corrected chi connectivity index (χ0v) is 10.00. The number of aliphatic hydroxyl groups is 1. The predicted octanol–water partition coefficient (Wildman–Crippen LogP) is 2.36. The molecule has 0 spiro atoms. The molecule has 0 bridgehead atoms. The molecule has 1 aromatic heterocycles. The standard InChI is InChI=1S/C12H16N2O.ClH/c1-2-11(15)12(13)9-3-4-10-8(7-9)5-6-14-10;/h3-7,11-12,14-15H,2,13H2,1H3;1H/t11-,12+;/m1./s1. The smallest absolute Gasteiger partial charge is 0.0730 e. The third-order valence-electron chi connectivity index (χ3n) is 2.80. The van der Waals surface area contributed by atoms with Crippen LogP contribution >= 0.6 is 12.4 Å². The van der Waals surface area contributed by atoms with Crippen LogP contribution in [0.4, 0.5) is 0 Å². The summed E-state index contributed by atoms with van der Waals surface area (Å²) in [5, 5.41) is 10.8. The lowest BCUT2D eigenvalue weighted by atomic mass is 9.99. The number of aromatic nitrogens is 1. The van der Waals surface area contributed by atoms with Gasteiger partial charge in [0.15, 0.2) is 0 Å². The van der Waals surface area contributed by atoms with Crippen LogP contribution in [0.3, 0.4) is 0 Å². The summed E-state index contributed by atoms with van der Waals surface area (Å²) in [4.78, 5) is 3.13. The third-order valence-corrected chi connectivity index (χ3v) is 2.80. The summed E-state index contributed by atoms with van der Waals surface area (Å²) in [6.45, 7) is 1.93. The van der Waals surface area contributed by atoms with E-state index >= 15 is 0 Å². The van der Waals surface area contributed by atoms with E-state index in [-0.39, 0.29) is 18.4 Å². The van der Waals surface area contributed by atoms with Gasteiger partial charge in [-0.2, -0.15) is 0 Å². The highest BCUT2D eigenvalue weighted by Gasteiger charge is 2.14. The highest BCUT2D eigenvalue weighted by Crippen LogP contribution is 2.21. The van der Waals surface area contributed by atoms with Gasteiger partial charge < -0.3 is 15.8 Å². The number of nitrogens with one attached hydrogen (secondary N) is 1. The lowest BCUT2D eigenvalue weighted by Crippen LogP contribution is -2.25. The summed E-state index contributed by atoms with van der Waals surface area (Å²) in [5.74, 6) is 0. The van der Waals surface area contributed by atoms with Crippen LogP contribution in [-0.2, 0) is 0 Å². The molecular formula is C12H17ClN2O. The second kappa shape index (κ2) is 5.34. The van der Waals surface area contributed by atoms with Crippen molar-refractivity contribution in [2.24, 2.45) is 5.73 Å². The van der Waals surface area contributed by atoms with Crippen LogP contribution in [0.25, 0.3) is 10.9 Å². The molecule has 2 aromatic rings. The Balaban J connectivity index is 0.00000128. The van der Waals surface area contributed by atoms with Gasteiger partial charge in [0.25, 0.3) is 0 Å². The molecule has 0 saturated carbocycles. The van der Waals surface area contributed by atoms with Crippen LogP contribution in [-0.4, -0.2) is 16.2 Å². The molecule has 0 aliphatic heterocycles. The van der Waals surface area contributed by atoms with Gasteiger partial charge in [0.1, 0.15) is 0 Å². The summed E-state index contributed by atoms with van der Waals surface area (Å²) in [5.41, 5.74) is 8.03. The minimum absolute atomic E-state index is 0. The molecule has 16 heavy (non-hydrogen) atoms. The average Bonchev–Trinajstić information content (AvgIpc) is 2.73. The van der Waals surface area contributed by atoms with E-state index in [2.05, 4.69) is 4.98 Å². The maximum Gasteiger partial charge on any atom is 0.0730 e. The van der Waals surface area contributed by atoms with Crippen LogP contribution in [0.2, 0.25) is 0 Å². The quantitative estimate of drug-likeness (QED) is 0.771. The molecule has 1 heterocycles. The van der Waals surface area contributed by atoms with Crippen molar-refractivity contribution in [3.8, 4) is 0 Å². The number of nitrogens with two attached hydrogens (primary N) is 1. The molecule has 0 aliphatic carbocycles. The van der Waals surface area contributed by atoms with Gasteiger partial charge in [0.2, 0.25) is 0 Å². The first-order chi connectivity index (χ1) is 7.22. The topological polar surface area (TPSA) is 62.0 Å². The molecule has 0 fully saturated rings. The summed E-state index contributed by atoms with van der Waals surface area (Å²) in [6.07, 6.45) is 2.10. The monoisotopic (exact) mass is 240 g/mol. The molecule has 3 nitrogen and oxygen atoms in total. The Hall–Kier alpha value is -1.03. The fourth-order valence-corrected chi connectivity index (χ4v) is 1.76. The van der Waals surface area contributed by atoms with Crippen LogP contribution in [0, 0.1) is 0 Å². The number of aliphatic hydroxyl groups excluding tert-OH is 1. The zero-order chi connectivity index (χ0) is 10.8. The molecule has 88 valence electrons. The number of fused-ring (bicyclic) bond motifs is 1. The van der Waals surface area contributed by atoms with Gasteiger partial charge in [0.05, 0.1) is 12.1 Å². The molecule has 0 amide bonds. The van der Waals surface area contributed by atoms with Crippen LogP contribution in [0.5, 0.6) is 0 Å². The van der Waals surface area contributed by atoms with Crippen LogP contribution in [0.1, 0.15) is 24.9 Å². The van der Waals surface area contributed by atoms with Crippen molar-refractivity contribution < 1.29 is 5.11 Å². The van der Waals surface area contributed by atoms with E-state index in [1.165, 1.54) is 0 Å². The second-order valence-electron chi connectivity index (χ2n) is 3.83. The number of hydrogen-bond donors (Lipinski definition) is 3. The summed E-state index contributed by atoms with van der Waals surface area (Å²) < 4.78 is 0. The van der Waals surface area contributed by atoms with Gasteiger partial charge >= 0.3 is 0 Å². The van der Waals surface area contributed by atoms with Gasteiger partial charge in [-0.1, -0.05) is 13.0 Å². The van der Waals surface area contributed by atoms with Gasteiger partial charge in [-0.05, 0) is 35.6 Å². The van der Waals surface area contributed by atoms with E-state index in [1.807, 2.05) is 37.4 Å². The van der Waals surface area contributed by atoms with Crippen LogP contribution in [0.15, 0.2) is 30.5 Å². The lowest BCUT2D eigenvalue weighted by molar-refractivity contribution is 0.141. The number of hydrogen-bond acceptors (Lipinski definition) is 2. The van der Waals surface area contributed by atoms with Crippen LogP contribution < -0.4 is 5.73 Å². The summed E-state index contributed by atoms with van der Waals surface area (Å²) >= 11 is 0. The fraction of sp³-hybridized carbons (Fsp3) is 0.333. The van der Waals surface area contributed by atoms with Gasteiger partial charge in [-0.3, -0.25) is 0 Å². The summed E-state index contributed by atoms with van der Waals surface area (Å²) in [6, 6.07) is 7.68. The van der Waals surface area contributed by atoms with Crippen molar-refractivity contribution in [2.45, 2.75) is 25.5 Å². The van der Waals surface area contributed by atoms with E-state index in [4.69, 9.17) is 5.73 Å².